The topological polar surface area (TPSA) is 33.2 Å². The van der Waals surface area contributed by atoms with Gasteiger partial charge in [0.2, 0.25) is 0 Å². The first-order chi connectivity index (χ1) is 11.6. The van der Waals surface area contributed by atoms with Crippen LogP contribution in [0.3, 0.4) is 0 Å². The first-order valence-electron chi connectivity index (χ1n) is 7.68. The van der Waals surface area contributed by atoms with E-state index in [4.69, 9.17) is 0 Å². The smallest absolute Gasteiger partial charge is 0.259 e. The fourth-order valence-electron chi connectivity index (χ4n) is 2.50. The lowest BCUT2D eigenvalue weighted by Crippen LogP contribution is -2.31. The van der Waals surface area contributed by atoms with Gasteiger partial charge in [-0.2, -0.15) is 0 Å². The van der Waals surface area contributed by atoms with Crippen molar-refractivity contribution in [1.29, 1.82) is 0 Å². The van der Waals surface area contributed by atoms with Gasteiger partial charge in [0.1, 0.15) is 11.6 Å². The lowest BCUT2D eigenvalue weighted by molar-refractivity contribution is 0.0984. The second kappa shape index (κ2) is 7.04. The van der Waals surface area contributed by atoms with Crippen LogP contribution < -0.4 is 4.90 Å². The predicted molar refractivity (Wildman–Crippen MR) is 92.3 cm³/mol. The molecule has 0 radical (unpaired) electrons. The van der Waals surface area contributed by atoms with Crippen molar-refractivity contribution in [2.75, 3.05) is 4.90 Å². The van der Waals surface area contributed by atoms with E-state index in [0.717, 1.165) is 5.56 Å². The zero-order chi connectivity index (χ0) is 16.9. The van der Waals surface area contributed by atoms with Gasteiger partial charge in [0, 0.05) is 17.3 Å². The van der Waals surface area contributed by atoms with E-state index in [-0.39, 0.29) is 18.3 Å². The van der Waals surface area contributed by atoms with E-state index in [0.29, 0.717) is 16.9 Å². The van der Waals surface area contributed by atoms with Crippen LogP contribution in [0.2, 0.25) is 0 Å². The van der Waals surface area contributed by atoms with E-state index in [2.05, 4.69) is 4.98 Å². The van der Waals surface area contributed by atoms with Crippen LogP contribution in [0.25, 0.3) is 0 Å². The number of aryl methyl sites for hydroxylation is 1. The van der Waals surface area contributed by atoms with E-state index in [1.807, 2.05) is 25.1 Å². The molecule has 0 saturated heterocycles. The molecule has 0 spiro atoms. The summed E-state index contributed by atoms with van der Waals surface area (Å²) in [5.41, 5.74) is 1.99. The third kappa shape index (κ3) is 3.49. The summed E-state index contributed by atoms with van der Waals surface area (Å²) in [6, 6.07) is 19.1. The Balaban J connectivity index is 1.99. The number of halogens is 1. The largest absolute Gasteiger partial charge is 0.288 e. The quantitative estimate of drug-likeness (QED) is 0.715. The Labute approximate surface area is 140 Å². The van der Waals surface area contributed by atoms with Crippen molar-refractivity contribution in [3.63, 3.8) is 0 Å². The Morgan fingerprint density at radius 3 is 2.54 bits per heavy atom. The molecule has 0 fully saturated rings. The number of amides is 1. The minimum absolute atomic E-state index is 0.121. The van der Waals surface area contributed by atoms with Crippen molar-refractivity contribution in [1.82, 2.24) is 4.98 Å². The van der Waals surface area contributed by atoms with Crippen molar-refractivity contribution >= 4 is 11.7 Å². The number of benzene rings is 2. The molecule has 2 aromatic carbocycles. The zero-order valence-electron chi connectivity index (χ0n) is 13.3. The molecular formula is C20H17FN2O. The minimum atomic E-state index is -0.338. The lowest BCUT2D eigenvalue weighted by Gasteiger charge is -2.22. The maximum Gasteiger partial charge on any atom is 0.259 e. The third-order valence-corrected chi connectivity index (χ3v) is 3.72. The number of hydrogen-bond acceptors (Lipinski definition) is 2. The highest BCUT2D eigenvalue weighted by atomic mass is 19.1. The molecule has 24 heavy (non-hydrogen) atoms. The first-order valence-corrected chi connectivity index (χ1v) is 7.68. The van der Waals surface area contributed by atoms with Gasteiger partial charge < -0.3 is 0 Å². The molecule has 0 aliphatic carbocycles. The van der Waals surface area contributed by atoms with E-state index in [9.17, 15) is 9.18 Å². The zero-order valence-corrected chi connectivity index (χ0v) is 13.3. The summed E-state index contributed by atoms with van der Waals surface area (Å²) >= 11 is 0. The monoisotopic (exact) mass is 320 g/mol. The molecule has 1 amide bonds. The van der Waals surface area contributed by atoms with Crippen molar-refractivity contribution in [3.05, 3.63) is 95.4 Å². The normalized spacial score (nSPS) is 10.4. The van der Waals surface area contributed by atoms with E-state index in [1.165, 1.54) is 11.0 Å². The summed E-state index contributed by atoms with van der Waals surface area (Å²) in [5, 5.41) is 0. The Kier molecular flexibility index (Phi) is 4.66. The molecule has 0 aliphatic rings. The summed E-state index contributed by atoms with van der Waals surface area (Å²) < 4.78 is 14.0. The van der Waals surface area contributed by atoms with Crippen molar-refractivity contribution < 1.29 is 9.18 Å². The molecule has 3 rings (SSSR count). The Morgan fingerprint density at radius 1 is 1.04 bits per heavy atom. The third-order valence-electron chi connectivity index (χ3n) is 3.72. The van der Waals surface area contributed by atoms with Gasteiger partial charge in [-0.25, -0.2) is 9.37 Å². The molecule has 0 unspecified atom stereocenters. The fourth-order valence-corrected chi connectivity index (χ4v) is 2.50. The standard InChI is InChI=1S/C20H17FN2O/c1-15-7-6-9-16(13-15)20(24)23(19-11-4-5-12-22-19)14-17-8-2-3-10-18(17)21/h2-13H,14H2,1H3. The van der Waals surface area contributed by atoms with Gasteiger partial charge in [-0.05, 0) is 37.3 Å². The van der Waals surface area contributed by atoms with E-state index >= 15 is 0 Å². The summed E-state index contributed by atoms with van der Waals surface area (Å²) in [5.74, 6) is -0.0524. The number of anilines is 1. The summed E-state index contributed by atoms with van der Waals surface area (Å²) in [7, 11) is 0. The number of nitrogens with zero attached hydrogens (tertiary/aromatic N) is 2. The number of carbonyl (C=O) groups excluding carboxylic acids is 1. The Morgan fingerprint density at radius 2 is 1.83 bits per heavy atom. The van der Waals surface area contributed by atoms with Gasteiger partial charge in [0.25, 0.3) is 5.91 Å². The fraction of sp³-hybridized carbons (Fsp3) is 0.100. The van der Waals surface area contributed by atoms with Crippen molar-refractivity contribution in [2.24, 2.45) is 0 Å². The van der Waals surface area contributed by atoms with Crippen LogP contribution in [0.4, 0.5) is 10.2 Å². The molecule has 3 nitrogen and oxygen atoms in total. The van der Waals surface area contributed by atoms with Gasteiger partial charge in [-0.3, -0.25) is 9.69 Å². The average Bonchev–Trinajstić information content (AvgIpc) is 2.61. The second-order valence-electron chi connectivity index (χ2n) is 5.54. The molecular weight excluding hydrogens is 303 g/mol. The second-order valence-corrected chi connectivity index (χ2v) is 5.54. The molecule has 0 N–H and O–H groups in total. The van der Waals surface area contributed by atoms with E-state index < -0.39 is 0 Å². The molecule has 4 heteroatoms. The molecule has 0 atom stereocenters. The number of pyridine rings is 1. The SMILES string of the molecule is Cc1cccc(C(=O)N(Cc2ccccc2F)c2ccccn2)c1. The molecule has 1 aromatic heterocycles. The highest BCUT2D eigenvalue weighted by Gasteiger charge is 2.20. The molecule has 0 saturated carbocycles. The highest BCUT2D eigenvalue weighted by molar-refractivity contribution is 6.05. The summed E-state index contributed by atoms with van der Waals surface area (Å²) in [4.78, 5) is 18.7. The number of rotatable bonds is 4. The van der Waals surface area contributed by atoms with Crippen LogP contribution >= 0.6 is 0 Å². The van der Waals surface area contributed by atoms with Gasteiger partial charge in [-0.1, -0.05) is 42.0 Å². The van der Waals surface area contributed by atoms with Gasteiger partial charge in [0.15, 0.2) is 0 Å². The predicted octanol–water partition coefficient (Wildman–Crippen LogP) is 4.38. The van der Waals surface area contributed by atoms with Crippen LogP contribution in [-0.4, -0.2) is 10.9 Å². The molecule has 120 valence electrons. The number of hydrogen-bond donors (Lipinski definition) is 0. The van der Waals surface area contributed by atoms with E-state index in [1.54, 1.807) is 48.7 Å². The highest BCUT2D eigenvalue weighted by Crippen LogP contribution is 2.19. The van der Waals surface area contributed by atoms with Crippen LogP contribution in [0, 0.1) is 12.7 Å². The average molecular weight is 320 g/mol. The molecule has 3 aromatic rings. The number of carbonyl (C=O) groups is 1. The van der Waals surface area contributed by atoms with Crippen molar-refractivity contribution in [2.45, 2.75) is 13.5 Å². The Bertz CT molecular complexity index is 849. The Hall–Kier alpha value is -3.01. The number of aromatic nitrogens is 1. The summed E-state index contributed by atoms with van der Waals surface area (Å²) in [6.07, 6.45) is 1.62. The van der Waals surface area contributed by atoms with Gasteiger partial charge in [-0.15, -0.1) is 0 Å². The lowest BCUT2D eigenvalue weighted by atomic mass is 10.1. The maximum absolute atomic E-state index is 14.0. The van der Waals surface area contributed by atoms with Gasteiger partial charge >= 0.3 is 0 Å². The first kappa shape index (κ1) is 15.9. The van der Waals surface area contributed by atoms with Crippen LogP contribution in [0.1, 0.15) is 21.5 Å². The molecule has 0 bridgehead atoms. The maximum atomic E-state index is 14.0. The molecule has 1 heterocycles. The molecule has 0 aliphatic heterocycles. The van der Waals surface area contributed by atoms with Crippen LogP contribution in [0.5, 0.6) is 0 Å². The summed E-state index contributed by atoms with van der Waals surface area (Å²) in [6.45, 7) is 2.05. The van der Waals surface area contributed by atoms with Crippen LogP contribution in [0.15, 0.2) is 72.9 Å². The van der Waals surface area contributed by atoms with Gasteiger partial charge in [0.05, 0.1) is 6.54 Å². The van der Waals surface area contributed by atoms with Crippen LogP contribution in [-0.2, 0) is 6.54 Å². The minimum Gasteiger partial charge on any atom is -0.288 e. The van der Waals surface area contributed by atoms with Crippen molar-refractivity contribution in [3.8, 4) is 0 Å².